The van der Waals surface area contributed by atoms with Crippen LogP contribution in [0.25, 0.3) is 11.3 Å². The lowest BCUT2D eigenvalue weighted by molar-refractivity contribution is -0.131. The van der Waals surface area contributed by atoms with E-state index in [4.69, 9.17) is 11.6 Å². The number of likely N-dealkylation sites (N-methyl/N-ethyl adjacent to an activating group) is 1. The number of nitrogens with zero attached hydrogens (tertiary/aromatic N) is 5. The Morgan fingerprint density at radius 3 is 2.44 bits per heavy atom. The Balaban J connectivity index is 1.33. The normalized spacial score (nSPS) is 13.8. The predicted molar refractivity (Wildman–Crippen MR) is 143 cm³/mol. The van der Waals surface area contributed by atoms with Crippen molar-refractivity contribution in [2.24, 2.45) is 0 Å². The molecule has 4 rings (SSSR count). The van der Waals surface area contributed by atoms with Crippen LogP contribution in [-0.4, -0.2) is 71.2 Å². The summed E-state index contributed by atoms with van der Waals surface area (Å²) in [6, 6.07) is 18.7. The number of amides is 3. The Kier molecular flexibility index (Phi) is 8.38. The van der Waals surface area contributed by atoms with Gasteiger partial charge in [-0.1, -0.05) is 47.5 Å². The van der Waals surface area contributed by atoms with E-state index in [1.807, 2.05) is 79.4 Å². The Morgan fingerprint density at radius 2 is 1.75 bits per heavy atom. The summed E-state index contributed by atoms with van der Waals surface area (Å²) in [6.07, 6.45) is 0.807. The zero-order chi connectivity index (χ0) is 25.5. The first-order valence-corrected chi connectivity index (χ1v) is 12.6. The summed E-state index contributed by atoms with van der Waals surface area (Å²) in [5, 5.41) is 12.3. The van der Waals surface area contributed by atoms with E-state index in [9.17, 15) is 9.59 Å². The molecular formula is C27H31ClN6O2. The summed E-state index contributed by atoms with van der Waals surface area (Å²) in [5.74, 6) is 0.714. The fourth-order valence-electron chi connectivity index (χ4n) is 4.13. The molecular weight excluding hydrogens is 476 g/mol. The molecule has 0 bridgehead atoms. The molecule has 8 nitrogen and oxygen atoms in total. The lowest BCUT2D eigenvalue weighted by atomic mass is 10.1. The summed E-state index contributed by atoms with van der Waals surface area (Å²) in [4.78, 5) is 31.3. The van der Waals surface area contributed by atoms with Crippen LogP contribution in [0.15, 0.2) is 60.7 Å². The maximum absolute atomic E-state index is 13.0. The van der Waals surface area contributed by atoms with Gasteiger partial charge in [-0.25, -0.2) is 4.79 Å². The number of urea groups is 1. The second kappa shape index (κ2) is 11.9. The number of aromatic nitrogens is 2. The lowest BCUT2D eigenvalue weighted by Crippen LogP contribution is -2.45. The van der Waals surface area contributed by atoms with E-state index < -0.39 is 0 Å². The summed E-state index contributed by atoms with van der Waals surface area (Å²) >= 11 is 6.28. The van der Waals surface area contributed by atoms with Crippen LogP contribution in [0.3, 0.4) is 0 Å². The highest BCUT2D eigenvalue weighted by atomic mass is 35.5. The van der Waals surface area contributed by atoms with Crippen LogP contribution >= 0.6 is 11.6 Å². The van der Waals surface area contributed by atoms with Gasteiger partial charge >= 0.3 is 6.03 Å². The number of rotatable bonds is 6. The van der Waals surface area contributed by atoms with Crippen LogP contribution in [0.4, 0.5) is 16.3 Å². The van der Waals surface area contributed by atoms with Gasteiger partial charge in [-0.05, 0) is 50.6 Å². The van der Waals surface area contributed by atoms with Gasteiger partial charge < -0.3 is 20.0 Å². The largest absolute Gasteiger partial charge is 0.353 e. The number of carbonyl (C=O) groups excluding carboxylic acids is 2. The lowest BCUT2D eigenvalue weighted by Gasteiger charge is -2.26. The number of carbonyl (C=O) groups is 2. The van der Waals surface area contributed by atoms with Crippen molar-refractivity contribution < 1.29 is 9.59 Å². The van der Waals surface area contributed by atoms with Gasteiger partial charge in [-0.3, -0.25) is 4.79 Å². The van der Waals surface area contributed by atoms with Crippen molar-refractivity contribution in [1.29, 1.82) is 0 Å². The highest BCUT2D eigenvalue weighted by molar-refractivity contribution is 6.33. The zero-order valence-corrected chi connectivity index (χ0v) is 21.4. The molecule has 188 valence electrons. The minimum atomic E-state index is -0.278. The van der Waals surface area contributed by atoms with Crippen molar-refractivity contribution in [3.8, 4) is 11.3 Å². The standard InChI is InChI=1S/C27H31ClN6O2/c1-3-32(27(36)29-21-11-9-20(2)10-12-21)19-26(35)34-16-6-15-33(17-18-34)25-14-13-24(30-31-25)22-7-4-5-8-23(22)28/h4-5,7-14H,3,6,15-19H2,1-2H3,(H,29,36). The van der Waals surface area contributed by atoms with Crippen molar-refractivity contribution in [3.63, 3.8) is 0 Å². The second-order valence-corrected chi connectivity index (χ2v) is 9.20. The summed E-state index contributed by atoms with van der Waals surface area (Å²) in [5.41, 5.74) is 3.40. The molecule has 3 aromatic rings. The zero-order valence-electron chi connectivity index (χ0n) is 20.7. The molecule has 1 aromatic heterocycles. The molecule has 1 aliphatic heterocycles. The monoisotopic (exact) mass is 506 g/mol. The van der Waals surface area contributed by atoms with Crippen molar-refractivity contribution >= 4 is 35.0 Å². The van der Waals surface area contributed by atoms with Crippen LogP contribution in [0, 0.1) is 6.92 Å². The Morgan fingerprint density at radius 1 is 0.972 bits per heavy atom. The Hall–Kier alpha value is -3.65. The van der Waals surface area contributed by atoms with Gasteiger partial charge in [0.25, 0.3) is 0 Å². The van der Waals surface area contributed by atoms with Crippen molar-refractivity contribution in [2.75, 3.05) is 49.5 Å². The third kappa shape index (κ3) is 6.31. The van der Waals surface area contributed by atoms with Crippen LogP contribution < -0.4 is 10.2 Å². The molecule has 0 radical (unpaired) electrons. The third-order valence-corrected chi connectivity index (χ3v) is 6.60. The summed E-state index contributed by atoms with van der Waals surface area (Å²) in [7, 11) is 0. The van der Waals surface area contributed by atoms with E-state index in [-0.39, 0.29) is 18.5 Å². The molecule has 0 atom stereocenters. The SMILES string of the molecule is CCN(CC(=O)N1CCCN(c2ccc(-c3ccccc3Cl)nn2)CC1)C(=O)Nc1ccc(C)cc1. The first-order chi connectivity index (χ1) is 17.4. The second-order valence-electron chi connectivity index (χ2n) is 8.79. The number of hydrogen-bond donors (Lipinski definition) is 1. The molecule has 0 unspecified atom stereocenters. The molecule has 2 aromatic carbocycles. The van der Waals surface area contributed by atoms with E-state index in [2.05, 4.69) is 20.4 Å². The number of halogens is 1. The Bertz CT molecular complexity index is 1190. The van der Waals surface area contributed by atoms with E-state index in [1.54, 1.807) is 0 Å². The molecule has 0 saturated carbocycles. The molecule has 0 aliphatic carbocycles. The highest BCUT2D eigenvalue weighted by Gasteiger charge is 2.23. The molecule has 2 heterocycles. The smallest absolute Gasteiger partial charge is 0.322 e. The molecule has 3 amide bonds. The van der Waals surface area contributed by atoms with Crippen LogP contribution in [0.1, 0.15) is 18.9 Å². The fraction of sp³-hybridized carbons (Fsp3) is 0.333. The molecule has 0 spiro atoms. The minimum absolute atomic E-state index is 0.0422. The summed E-state index contributed by atoms with van der Waals surface area (Å²) in [6.45, 7) is 6.96. The van der Waals surface area contributed by atoms with E-state index in [0.29, 0.717) is 36.9 Å². The number of aryl methyl sites for hydroxylation is 1. The number of anilines is 2. The van der Waals surface area contributed by atoms with Gasteiger partial charge in [0.15, 0.2) is 5.82 Å². The van der Waals surface area contributed by atoms with E-state index in [0.717, 1.165) is 35.6 Å². The molecule has 9 heteroatoms. The van der Waals surface area contributed by atoms with Crippen molar-refractivity contribution in [3.05, 3.63) is 71.2 Å². The quantitative estimate of drug-likeness (QED) is 0.524. The fourth-order valence-corrected chi connectivity index (χ4v) is 4.36. The third-order valence-electron chi connectivity index (χ3n) is 6.27. The van der Waals surface area contributed by atoms with Crippen LogP contribution in [-0.2, 0) is 4.79 Å². The highest BCUT2D eigenvalue weighted by Crippen LogP contribution is 2.26. The molecule has 1 fully saturated rings. The topological polar surface area (TPSA) is 81.7 Å². The molecule has 1 saturated heterocycles. The maximum Gasteiger partial charge on any atom is 0.322 e. The summed E-state index contributed by atoms with van der Waals surface area (Å²) < 4.78 is 0. The maximum atomic E-state index is 13.0. The Labute approximate surface area is 216 Å². The predicted octanol–water partition coefficient (Wildman–Crippen LogP) is 4.70. The number of benzene rings is 2. The van der Waals surface area contributed by atoms with Crippen LogP contribution in [0.5, 0.6) is 0 Å². The first kappa shape index (κ1) is 25.4. The van der Waals surface area contributed by atoms with E-state index in [1.165, 1.54) is 4.90 Å². The van der Waals surface area contributed by atoms with Gasteiger partial charge in [-0.15, -0.1) is 10.2 Å². The van der Waals surface area contributed by atoms with Crippen molar-refractivity contribution in [2.45, 2.75) is 20.3 Å². The number of nitrogens with one attached hydrogen (secondary N) is 1. The van der Waals surface area contributed by atoms with Gasteiger partial charge in [-0.2, -0.15) is 0 Å². The average Bonchev–Trinajstić information content (AvgIpc) is 3.15. The molecule has 36 heavy (non-hydrogen) atoms. The minimum Gasteiger partial charge on any atom is -0.353 e. The van der Waals surface area contributed by atoms with E-state index >= 15 is 0 Å². The average molecular weight is 507 g/mol. The van der Waals surface area contributed by atoms with Gasteiger partial charge in [0.1, 0.15) is 6.54 Å². The van der Waals surface area contributed by atoms with Gasteiger partial charge in [0.2, 0.25) is 5.91 Å². The molecule has 1 aliphatic rings. The van der Waals surface area contributed by atoms with Crippen molar-refractivity contribution in [1.82, 2.24) is 20.0 Å². The number of hydrogen-bond acceptors (Lipinski definition) is 5. The van der Waals surface area contributed by atoms with Gasteiger partial charge in [0.05, 0.1) is 10.7 Å². The first-order valence-electron chi connectivity index (χ1n) is 12.2. The van der Waals surface area contributed by atoms with Crippen LogP contribution in [0.2, 0.25) is 5.02 Å². The molecule has 1 N–H and O–H groups in total. The van der Waals surface area contributed by atoms with Gasteiger partial charge in [0, 0.05) is 44.0 Å².